The molecule has 0 aliphatic carbocycles. The maximum atomic E-state index is 4.45. The van der Waals surface area contributed by atoms with Crippen molar-refractivity contribution in [3.05, 3.63) is 72.2 Å². The normalized spacial score (nSPS) is 11.6. The van der Waals surface area contributed by atoms with Crippen molar-refractivity contribution < 1.29 is 0 Å². The van der Waals surface area contributed by atoms with Crippen molar-refractivity contribution in [1.29, 1.82) is 0 Å². The van der Waals surface area contributed by atoms with Crippen LogP contribution < -0.4 is 21.3 Å². The molecule has 144 valence electrons. The molecule has 2 rings (SSSR count). The van der Waals surface area contributed by atoms with Crippen LogP contribution in [0, 0.1) is 0 Å². The van der Waals surface area contributed by atoms with Crippen LogP contribution in [-0.4, -0.2) is 43.7 Å². The lowest BCUT2D eigenvalue weighted by Gasteiger charge is -2.09. The van der Waals surface area contributed by atoms with E-state index in [0.29, 0.717) is 0 Å². The minimum Gasteiger partial charge on any atom is -0.391 e. The van der Waals surface area contributed by atoms with E-state index < -0.39 is 0 Å². The topological polar surface area (TPSA) is 73.9 Å². The van der Waals surface area contributed by atoms with Crippen LogP contribution in [0.25, 0.3) is 0 Å². The summed E-state index contributed by atoms with van der Waals surface area (Å²) in [5, 5.41) is 13.0. The minimum atomic E-state index is 0.822. The van der Waals surface area contributed by atoms with Crippen molar-refractivity contribution >= 4 is 11.6 Å². The number of aromatic nitrogens is 2. The van der Waals surface area contributed by atoms with E-state index in [1.54, 1.807) is 0 Å². The molecule has 0 bridgehead atoms. The molecule has 0 saturated heterocycles. The predicted octanol–water partition coefficient (Wildman–Crippen LogP) is 2.81. The van der Waals surface area contributed by atoms with Gasteiger partial charge in [-0.1, -0.05) is 24.3 Å². The van der Waals surface area contributed by atoms with E-state index in [4.69, 9.17) is 0 Å². The molecule has 0 atom stereocenters. The fourth-order valence-electron chi connectivity index (χ4n) is 2.49. The van der Waals surface area contributed by atoms with Gasteiger partial charge in [0.05, 0.1) is 0 Å². The minimum absolute atomic E-state index is 0.822. The van der Waals surface area contributed by atoms with Gasteiger partial charge in [-0.3, -0.25) is 4.98 Å². The quantitative estimate of drug-likeness (QED) is 0.342. The van der Waals surface area contributed by atoms with Crippen molar-refractivity contribution in [2.45, 2.75) is 12.8 Å². The maximum Gasteiger partial charge on any atom is 0.128 e. The summed E-state index contributed by atoms with van der Waals surface area (Å²) in [7, 11) is 3.82. The first-order valence-corrected chi connectivity index (χ1v) is 9.34. The molecule has 2 aromatic heterocycles. The lowest BCUT2D eigenvalue weighted by molar-refractivity contribution is 0.733. The molecule has 0 amide bonds. The van der Waals surface area contributed by atoms with Gasteiger partial charge in [0.25, 0.3) is 0 Å². The Morgan fingerprint density at radius 1 is 1.04 bits per heavy atom. The van der Waals surface area contributed by atoms with Gasteiger partial charge in [0.2, 0.25) is 0 Å². The van der Waals surface area contributed by atoms with Gasteiger partial charge in [-0.2, -0.15) is 0 Å². The molecule has 0 unspecified atom stereocenters. The number of nitrogens with one attached hydrogen (secondary N) is 4. The van der Waals surface area contributed by atoms with E-state index in [2.05, 4.69) is 55.5 Å². The maximum absolute atomic E-state index is 4.45. The number of nitrogens with zero attached hydrogens (tertiary/aromatic N) is 2. The molecule has 2 aromatic rings. The molecule has 0 radical (unpaired) electrons. The zero-order valence-corrected chi connectivity index (χ0v) is 16.2. The summed E-state index contributed by atoms with van der Waals surface area (Å²) >= 11 is 0. The summed E-state index contributed by atoms with van der Waals surface area (Å²) in [4.78, 5) is 8.77. The Balaban J connectivity index is 1.63. The van der Waals surface area contributed by atoms with E-state index in [0.717, 1.165) is 49.8 Å². The zero-order valence-electron chi connectivity index (χ0n) is 16.2. The van der Waals surface area contributed by atoms with Crippen molar-refractivity contribution in [3.8, 4) is 0 Å². The lowest BCUT2D eigenvalue weighted by atomic mass is 10.2. The Bertz CT molecular complexity index is 712. The molecule has 6 heteroatoms. The monoisotopic (exact) mass is 366 g/mol. The number of pyridine rings is 2. The molecule has 0 aliphatic rings. The Morgan fingerprint density at radius 2 is 1.93 bits per heavy atom. The van der Waals surface area contributed by atoms with E-state index in [1.165, 1.54) is 5.70 Å². The Labute approximate surface area is 162 Å². The molecule has 0 spiro atoms. The van der Waals surface area contributed by atoms with Crippen LogP contribution >= 0.6 is 0 Å². The van der Waals surface area contributed by atoms with Gasteiger partial charge in [-0.15, -0.1) is 0 Å². The largest absolute Gasteiger partial charge is 0.391 e. The standard InChI is InChI=1S/C21H30N6/c1-22-18(13-17-26-21-11-7-10-20(23-2)27-21)8-3-5-14-24-16-12-19-9-4-6-15-25-19/h3-11,15,22,24H,12-14,16-17H2,1-2H3,(H2,23,26,27)/b5-3-,18-8-. The molecule has 2 heterocycles. The highest BCUT2D eigenvalue weighted by Gasteiger charge is 1.97. The number of allylic oxidation sites excluding steroid dienone is 2. The Hall–Kier alpha value is -2.86. The third-order valence-electron chi connectivity index (χ3n) is 4.01. The van der Waals surface area contributed by atoms with Crippen LogP contribution in [-0.2, 0) is 6.42 Å². The average Bonchev–Trinajstić information content (AvgIpc) is 2.72. The first kappa shape index (κ1) is 20.5. The van der Waals surface area contributed by atoms with Gasteiger partial charge in [-0.05, 0) is 30.3 Å². The second kappa shape index (κ2) is 12.5. The summed E-state index contributed by atoms with van der Waals surface area (Å²) in [5.74, 6) is 1.74. The van der Waals surface area contributed by atoms with Crippen LogP contribution in [0.4, 0.5) is 11.6 Å². The van der Waals surface area contributed by atoms with Crippen molar-refractivity contribution in [2.24, 2.45) is 0 Å². The summed E-state index contributed by atoms with van der Waals surface area (Å²) in [6.45, 7) is 2.59. The van der Waals surface area contributed by atoms with Gasteiger partial charge in [0, 0.05) is 64.2 Å². The molecular formula is C21H30N6. The van der Waals surface area contributed by atoms with Gasteiger partial charge >= 0.3 is 0 Å². The molecule has 0 saturated carbocycles. The highest BCUT2D eigenvalue weighted by Crippen LogP contribution is 2.08. The highest BCUT2D eigenvalue weighted by molar-refractivity contribution is 5.44. The van der Waals surface area contributed by atoms with Gasteiger partial charge in [0.15, 0.2) is 0 Å². The van der Waals surface area contributed by atoms with Crippen LogP contribution in [0.2, 0.25) is 0 Å². The van der Waals surface area contributed by atoms with Crippen molar-refractivity contribution in [1.82, 2.24) is 20.6 Å². The summed E-state index contributed by atoms with van der Waals surface area (Å²) in [5.41, 5.74) is 2.30. The van der Waals surface area contributed by atoms with Crippen LogP contribution in [0.5, 0.6) is 0 Å². The first-order valence-electron chi connectivity index (χ1n) is 9.34. The second-order valence-electron chi connectivity index (χ2n) is 5.98. The molecular weight excluding hydrogens is 336 g/mol. The summed E-state index contributed by atoms with van der Waals surface area (Å²) in [6.07, 6.45) is 10.0. The number of rotatable bonds is 12. The SMILES string of the molecule is CN/C(=C\C=C/CNCCc1ccccn1)CCNc1cccc(NC)n1. The van der Waals surface area contributed by atoms with Gasteiger partial charge in [0.1, 0.15) is 11.6 Å². The second-order valence-corrected chi connectivity index (χ2v) is 5.98. The molecule has 27 heavy (non-hydrogen) atoms. The highest BCUT2D eigenvalue weighted by atomic mass is 15.0. The van der Waals surface area contributed by atoms with Crippen LogP contribution in [0.15, 0.2) is 66.5 Å². The number of hydrogen-bond donors (Lipinski definition) is 4. The third-order valence-corrected chi connectivity index (χ3v) is 4.01. The average molecular weight is 367 g/mol. The van der Waals surface area contributed by atoms with Crippen molar-refractivity contribution in [2.75, 3.05) is 44.4 Å². The van der Waals surface area contributed by atoms with Crippen LogP contribution in [0.3, 0.4) is 0 Å². The molecule has 0 fully saturated rings. The van der Waals surface area contributed by atoms with E-state index >= 15 is 0 Å². The molecule has 0 aliphatic heterocycles. The van der Waals surface area contributed by atoms with E-state index in [9.17, 15) is 0 Å². The molecule has 0 aromatic carbocycles. The van der Waals surface area contributed by atoms with Crippen LogP contribution in [0.1, 0.15) is 12.1 Å². The Kier molecular flexibility index (Phi) is 9.46. The first-order chi connectivity index (χ1) is 13.3. The summed E-state index contributed by atoms with van der Waals surface area (Å²) in [6, 6.07) is 11.9. The lowest BCUT2D eigenvalue weighted by Crippen LogP contribution is -2.17. The third kappa shape index (κ3) is 8.37. The fraction of sp³-hybridized carbons (Fsp3) is 0.333. The fourth-order valence-corrected chi connectivity index (χ4v) is 2.49. The zero-order chi connectivity index (χ0) is 19.2. The molecule has 4 N–H and O–H groups in total. The smallest absolute Gasteiger partial charge is 0.128 e. The van der Waals surface area contributed by atoms with Gasteiger partial charge < -0.3 is 21.3 Å². The van der Waals surface area contributed by atoms with E-state index in [-0.39, 0.29) is 0 Å². The Morgan fingerprint density at radius 3 is 2.70 bits per heavy atom. The van der Waals surface area contributed by atoms with Gasteiger partial charge in [-0.25, -0.2) is 4.98 Å². The molecule has 6 nitrogen and oxygen atoms in total. The van der Waals surface area contributed by atoms with Crippen molar-refractivity contribution in [3.63, 3.8) is 0 Å². The summed E-state index contributed by atoms with van der Waals surface area (Å²) < 4.78 is 0. The number of anilines is 2. The predicted molar refractivity (Wildman–Crippen MR) is 114 cm³/mol. The number of hydrogen-bond acceptors (Lipinski definition) is 6. The van der Waals surface area contributed by atoms with E-state index in [1.807, 2.05) is 50.6 Å².